The van der Waals surface area contributed by atoms with Crippen molar-refractivity contribution in [1.29, 1.82) is 0 Å². The van der Waals surface area contributed by atoms with Gasteiger partial charge >= 0.3 is 6.09 Å². The van der Waals surface area contributed by atoms with E-state index >= 15 is 0 Å². The number of hydrogen-bond acceptors (Lipinski definition) is 4. The molecule has 1 saturated heterocycles. The highest BCUT2D eigenvalue weighted by Gasteiger charge is 2.26. The summed E-state index contributed by atoms with van der Waals surface area (Å²) in [7, 11) is 0. The zero-order valence-electron chi connectivity index (χ0n) is 7.12. The summed E-state index contributed by atoms with van der Waals surface area (Å²) >= 11 is 1.24. The monoisotopic (exact) mass is 201 g/mol. The van der Waals surface area contributed by atoms with Crippen LogP contribution in [0, 0.1) is 0 Å². The van der Waals surface area contributed by atoms with Crippen molar-refractivity contribution in [2.75, 3.05) is 12.4 Å². The van der Waals surface area contributed by atoms with Crippen molar-refractivity contribution in [3.63, 3.8) is 0 Å². The highest BCUT2D eigenvalue weighted by Crippen LogP contribution is 2.19. The summed E-state index contributed by atoms with van der Waals surface area (Å²) < 4.78 is 4.67. The van der Waals surface area contributed by atoms with Crippen LogP contribution in [0.5, 0.6) is 0 Å². The van der Waals surface area contributed by atoms with Gasteiger partial charge in [0.1, 0.15) is 12.6 Å². The third-order valence-electron chi connectivity index (χ3n) is 1.56. The molecule has 1 amide bonds. The Labute approximate surface area is 80.7 Å². The molecule has 1 aliphatic heterocycles. The number of rotatable bonds is 3. The van der Waals surface area contributed by atoms with Gasteiger partial charge in [-0.3, -0.25) is 4.79 Å². The van der Waals surface area contributed by atoms with E-state index in [1.54, 1.807) is 0 Å². The van der Waals surface area contributed by atoms with E-state index in [0.717, 1.165) is 5.75 Å². The van der Waals surface area contributed by atoms with Gasteiger partial charge in [-0.1, -0.05) is 24.4 Å². The molecular formula is C8H11NO3S. The number of amides is 1. The lowest BCUT2D eigenvalue weighted by Crippen LogP contribution is -2.37. The average Bonchev–Trinajstić information content (AvgIpc) is 2.48. The topological polar surface area (TPSA) is 55.4 Å². The van der Waals surface area contributed by atoms with Gasteiger partial charge < -0.3 is 10.1 Å². The van der Waals surface area contributed by atoms with Crippen molar-refractivity contribution >= 4 is 23.0 Å². The molecule has 13 heavy (non-hydrogen) atoms. The second-order valence-electron chi connectivity index (χ2n) is 2.54. The summed E-state index contributed by atoms with van der Waals surface area (Å²) in [5.41, 5.74) is 0. The molecular weight excluding hydrogens is 190 g/mol. The normalized spacial score (nSPS) is 21.2. The van der Waals surface area contributed by atoms with Gasteiger partial charge in [-0.2, -0.15) is 0 Å². The molecule has 0 aromatic carbocycles. The van der Waals surface area contributed by atoms with Crippen LogP contribution in [0.1, 0.15) is 6.42 Å². The number of ether oxygens (including phenoxy) is 1. The molecule has 0 saturated carbocycles. The molecule has 1 aliphatic rings. The van der Waals surface area contributed by atoms with E-state index in [2.05, 4.69) is 16.6 Å². The highest BCUT2D eigenvalue weighted by atomic mass is 32.2. The fraction of sp³-hybridized carbons (Fsp3) is 0.500. The Morgan fingerprint density at radius 3 is 3.15 bits per heavy atom. The largest absolute Gasteiger partial charge is 0.445 e. The molecule has 72 valence electrons. The summed E-state index contributed by atoms with van der Waals surface area (Å²) in [4.78, 5) is 22.0. The van der Waals surface area contributed by atoms with Gasteiger partial charge in [0.25, 0.3) is 0 Å². The fourth-order valence-electron chi connectivity index (χ4n) is 0.945. The fourth-order valence-corrected chi connectivity index (χ4v) is 1.88. The summed E-state index contributed by atoms with van der Waals surface area (Å²) in [6.45, 7) is 3.57. The van der Waals surface area contributed by atoms with Crippen LogP contribution in [-0.4, -0.2) is 29.6 Å². The maximum Gasteiger partial charge on any atom is 0.408 e. The average molecular weight is 201 g/mol. The summed E-state index contributed by atoms with van der Waals surface area (Å²) in [5, 5.41) is 2.49. The maximum atomic E-state index is 11.1. The first-order chi connectivity index (χ1) is 6.24. The lowest BCUT2D eigenvalue weighted by molar-refractivity contribution is -0.112. The maximum absolute atomic E-state index is 11.1. The number of carbonyl (C=O) groups is 2. The van der Waals surface area contributed by atoms with E-state index in [9.17, 15) is 9.59 Å². The van der Waals surface area contributed by atoms with Crippen LogP contribution in [0.4, 0.5) is 4.79 Å². The smallest absolute Gasteiger partial charge is 0.408 e. The van der Waals surface area contributed by atoms with E-state index < -0.39 is 6.09 Å². The van der Waals surface area contributed by atoms with Crippen molar-refractivity contribution < 1.29 is 14.3 Å². The van der Waals surface area contributed by atoms with Crippen LogP contribution in [0.25, 0.3) is 0 Å². The third-order valence-corrected chi connectivity index (χ3v) is 2.57. The van der Waals surface area contributed by atoms with Crippen LogP contribution in [0.3, 0.4) is 0 Å². The molecule has 0 aromatic rings. The lowest BCUT2D eigenvalue weighted by atomic mass is 10.3. The number of nitrogens with one attached hydrogen (secondary N) is 1. The van der Waals surface area contributed by atoms with Gasteiger partial charge in [0.15, 0.2) is 0 Å². The molecule has 1 rings (SSSR count). The van der Waals surface area contributed by atoms with E-state index in [1.807, 2.05) is 0 Å². The molecule has 0 unspecified atom stereocenters. The Balaban J connectivity index is 2.26. The molecule has 0 radical (unpaired) electrons. The first-order valence-corrected chi connectivity index (χ1v) is 4.93. The van der Waals surface area contributed by atoms with Gasteiger partial charge in [-0.25, -0.2) is 4.79 Å². The van der Waals surface area contributed by atoms with Crippen LogP contribution in [0.15, 0.2) is 12.7 Å². The Morgan fingerprint density at radius 2 is 2.62 bits per heavy atom. The minimum atomic E-state index is -0.555. The molecule has 5 heteroatoms. The number of carbonyl (C=O) groups excluding carboxylic acids is 2. The number of hydrogen-bond donors (Lipinski definition) is 1. The highest BCUT2D eigenvalue weighted by molar-refractivity contribution is 8.14. The van der Waals surface area contributed by atoms with Crippen molar-refractivity contribution in [3.8, 4) is 0 Å². The van der Waals surface area contributed by atoms with Gasteiger partial charge in [-0.05, 0) is 6.42 Å². The van der Waals surface area contributed by atoms with Crippen molar-refractivity contribution in [2.45, 2.75) is 12.5 Å². The standard InChI is InChI=1S/C8H11NO3S/c1-2-4-12-8(11)9-6-3-5-13-7(6)10/h2,6H,1,3-5H2,(H,9,11)/t6-/m0/s1. The summed E-state index contributed by atoms with van der Waals surface area (Å²) in [5.74, 6) is 0.769. The van der Waals surface area contributed by atoms with Gasteiger partial charge in [0, 0.05) is 5.75 Å². The van der Waals surface area contributed by atoms with Gasteiger partial charge in [0.05, 0.1) is 0 Å². The molecule has 0 aromatic heterocycles. The minimum absolute atomic E-state index is 0.00977. The van der Waals surface area contributed by atoms with Crippen LogP contribution >= 0.6 is 11.8 Å². The zero-order valence-corrected chi connectivity index (χ0v) is 7.93. The Hall–Kier alpha value is -0.970. The molecule has 1 atom stereocenters. The molecule has 4 nitrogen and oxygen atoms in total. The van der Waals surface area contributed by atoms with Gasteiger partial charge in [0.2, 0.25) is 5.12 Å². The second-order valence-corrected chi connectivity index (χ2v) is 3.64. The van der Waals surface area contributed by atoms with Crippen molar-refractivity contribution in [2.24, 2.45) is 0 Å². The lowest BCUT2D eigenvalue weighted by Gasteiger charge is -2.09. The molecule has 0 spiro atoms. The third kappa shape index (κ3) is 3.10. The van der Waals surface area contributed by atoms with Crippen molar-refractivity contribution in [3.05, 3.63) is 12.7 Å². The molecule has 0 aliphatic carbocycles. The zero-order chi connectivity index (χ0) is 9.68. The van der Waals surface area contributed by atoms with E-state index in [0.29, 0.717) is 6.42 Å². The predicted molar refractivity (Wildman–Crippen MR) is 50.6 cm³/mol. The van der Waals surface area contributed by atoms with E-state index in [4.69, 9.17) is 0 Å². The molecule has 0 bridgehead atoms. The first-order valence-electron chi connectivity index (χ1n) is 3.95. The number of thioether (sulfide) groups is 1. The predicted octanol–water partition coefficient (Wildman–Crippen LogP) is 0.931. The van der Waals surface area contributed by atoms with Crippen LogP contribution < -0.4 is 5.32 Å². The minimum Gasteiger partial charge on any atom is -0.445 e. The molecule has 1 heterocycles. The van der Waals surface area contributed by atoms with E-state index in [1.165, 1.54) is 17.8 Å². The van der Waals surface area contributed by atoms with Crippen LogP contribution in [-0.2, 0) is 9.53 Å². The molecule has 1 fully saturated rings. The van der Waals surface area contributed by atoms with Gasteiger partial charge in [-0.15, -0.1) is 0 Å². The van der Waals surface area contributed by atoms with Crippen LogP contribution in [0.2, 0.25) is 0 Å². The first kappa shape index (κ1) is 10.1. The Morgan fingerprint density at radius 1 is 1.85 bits per heavy atom. The van der Waals surface area contributed by atoms with E-state index in [-0.39, 0.29) is 17.8 Å². The Bertz CT molecular complexity index is 229. The quantitative estimate of drug-likeness (QED) is 0.690. The number of alkyl carbamates (subject to hydrolysis) is 1. The van der Waals surface area contributed by atoms with Crippen molar-refractivity contribution in [1.82, 2.24) is 5.32 Å². The Kier molecular flexibility index (Phi) is 3.82. The molecule has 1 N–H and O–H groups in total. The second kappa shape index (κ2) is 4.91. The SMILES string of the molecule is C=CCOC(=O)N[C@H]1CCSC1=O. The summed E-state index contributed by atoms with van der Waals surface area (Å²) in [6, 6.07) is -0.373. The summed E-state index contributed by atoms with van der Waals surface area (Å²) in [6.07, 6.45) is 1.61.